The van der Waals surface area contributed by atoms with E-state index in [1.165, 1.54) is 11.1 Å². The summed E-state index contributed by atoms with van der Waals surface area (Å²) in [6, 6.07) is 37.5. The number of aromatic hydroxyl groups is 1. The minimum atomic E-state index is -0.427. The molecule has 0 radical (unpaired) electrons. The summed E-state index contributed by atoms with van der Waals surface area (Å²) in [6.45, 7) is 0.564. The first-order chi connectivity index (χ1) is 15.7. The van der Waals surface area contributed by atoms with Crippen molar-refractivity contribution in [2.24, 2.45) is 0 Å². The van der Waals surface area contributed by atoms with Crippen LogP contribution in [0.2, 0.25) is 0 Å². The van der Waals surface area contributed by atoms with E-state index in [0.29, 0.717) is 6.54 Å². The van der Waals surface area contributed by atoms with E-state index in [4.69, 9.17) is 0 Å². The Labute approximate surface area is 189 Å². The average molecular weight is 422 g/mol. The van der Waals surface area contributed by atoms with Gasteiger partial charge < -0.3 is 10.4 Å². The van der Waals surface area contributed by atoms with Crippen molar-refractivity contribution in [3.63, 3.8) is 0 Å². The molecule has 4 aromatic rings. The summed E-state index contributed by atoms with van der Waals surface area (Å²) < 4.78 is 0. The van der Waals surface area contributed by atoms with Crippen LogP contribution in [0.3, 0.4) is 0 Å². The number of rotatable bonds is 8. The third-order valence-electron chi connectivity index (χ3n) is 5.76. The van der Waals surface area contributed by atoms with Crippen LogP contribution in [0.25, 0.3) is 0 Å². The molecule has 3 nitrogen and oxygen atoms in total. The van der Waals surface area contributed by atoms with Crippen LogP contribution in [0.15, 0.2) is 115 Å². The number of benzene rings is 4. The number of phenolic OH excluding ortho intramolecular Hbond substituents is 1. The molecule has 0 bridgehead atoms. The van der Waals surface area contributed by atoms with Crippen LogP contribution in [0, 0.1) is 0 Å². The maximum atomic E-state index is 13.3. The van der Waals surface area contributed by atoms with E-state index in [9.17, 15) is 9.90 Å². The summed E-state index contributed by atoms with van der Waals surface area (Å²) in [5, 5.41) is 12.8. The minimum absolute atomic E-state index is 0.0400. The quantitative estimate of drug-likeness (QED) is 0.374. The van der Waals surface area contributed by atoms with Gasteiger partial charge in [-0.2, -0.15) is 0 Å². The first-order valence-corrected chi connectivity index (χ1v) is 10.9. The lowest BCUT2D eigenvalue weighted by Crippen LogP contribution is -2.31. The van der Waals surface area contributed by atoms with E-state index in [0.717, 1.165) is 17.5 Å². The van der Waals surface area contributed by atoms with E-state index in [-0.39, 0.29) is 17.6 Å². The van der Waals surface area contributed by atoms with Gasteiger partial charge >= 0.3 is 0 Å². The van der Waals surface area contributed by atoms with Crippen LogP contribution in [-0.2, 0) is 4.79 Å². The Kier molecular flexibility index (Phi) is 6.98. The summed E-state index contributed by atoms with van der Waals surface area (Å²) in [5.74, 6) is -0.0680. The molecule has 4 rings (SSSR count). The third-order valence-corrected chi connectivity index (χ3v) is 5.76. The highest BCUT2D eigenvalue weighted by Gasteiger charge is 2.23. The summed E-state index contributed by atoms with van der Waals surface area (Å²) in [6.07, 6.45) is 0.802. The molecule has 32 heavy (non-hydrogen) atoms. The molecule has 0 aliphatic carbocycles. The first-order valence-electron chi connectivity index (χ1n) is 10.9. The zero-order chi connectivity index (χ0) is 22.2. The lowest BCUT2D eigenvalue weighted by Gasteiger charge is -2.21. The van der Waals surface area contributed by atoms with Crippen LogP contribution in [0.1, 0.15) is 40.5 Å². The second kappa shape index (κ2) is 10.5. The van der Waals surface area contributed by atoms with Crippen LogP contribution < -0.4 is 5.32 Å². The molecule has 0 fully saturated rings. The Balaban J connectivity index is 1.51. The largest absolute Gasteiger partial charge is 0.508 e. The Morgan fingerprint density at radius 1 is 0.625 bits per heavy atom. The van der Waals surface area contributed by atoms with E-state index in [1.807, 2.05) is 54.6 Å². The Hall–Kier alpha value is -3.85. The lowest BCUT2D eigenvalue weighted by atomic mass is 9.88. The van der Waals surface area contributed by atoms with Gasteiger partial charge in [-0.15, -0.1) is 0 Å². The standard InChI is InChI=1S/C29H27NO2/c31-26-18-16-25(17-19-26)28(24-14-8-3-9-15-24)29(32)30-21-20-27(22-10-4-1-5-11-22)23-12-6-2-7-13-23/h1-19,27-28,31H,20-21H2,(H,30,32)/t28-/m0/s1. The Morgan fingerprint density at radius 3 is 1.56 bits per heavy atom. The summed E-state index contributed by atoms with van der Waals surface area (Å²) >= 11 is 0. The molecule has 0 aliphatic heterocycles. The molecule has 1 atom stereocenters. The monoisotopic (exact) mass is 421 g/mol. The summed E-state index contributed by atoms with van der Waals surface area (Å²) in [4.78, 5) is 13.3. The van der Waals surface area contributed by atoms with Crippen molar-refractivity contribution in [3.8, 4) is 5.75 Å². The normalized spacial score (nSPS) is 11.8. The molecule has 4 aromatic carbocycles. The van der Waals surface area contributed by atoms with Crippen molar-refractivity contribution < 1.29 is 9.90 Å². The van der Waals surface area contributed by atoms with Gasteiger partial charge in [0.25, 0.3) is 0 Å². The van der Waals surface area contributed by atoms with Gasteiger partial charge in [-0.1, -0.05) is 103 Å². The van der Waals surface area contributed by atoms with Gasteiger partial charge in [0.05, 0.1) is 5.92 Å². The van der Waals surface area contributed by atoms with Crippen LogP contribution in [0.4, 0.5) is 0 Å². The fraction of sp³-hybridized carbons (Fsp3) is 0.138. The van der Waals surface area contributed by atoms with E-state index < -0.39 is 5.92 Å². The van der Waals surface area contributed by atoms with Gasteiger partial charge in [0.15, 0.2) is 0 Å². The highest BCUT2D eigenvalue weighted by molar-refractivity contribution is 5.87. The van der Waals surface area contributed by atoms with Gasteiger partial charge in [0, 0.05) is 12.5 Å². The zero-order valence-corrected chi connectivity index (χ0v) is 17.9. The average Bonchev–Trinajstić information content (AvgIpc) is 2.85. The van der Waals surface area contributed by atoms with Gasteiger partial charge in [0.1, 0.15) is 5.75 Å². The van der Waals surface area contributed by atoms with Crippen molar-refractivity contribution in [2.45, 2.75) is 18.3 Å². The molecule has 0 heterocycles. The second-order valence-electron chi connectivity index (χ2n) is 7.89. The van der Waals surface area contributed by atoms with Gasteiger partial charge in [0.2, 0.25) is 5.91 Å². The fourth-order valence-electron chi connectivity index (χ4n) is 4.15. The van der Waals surface area contributed by atoms with Crippen LogP contribution >= 0.6 is 0 Å². The Morgan fingerprint density at radius 2 is 1.06 bits per heavy atom. The van der Waals surface area contributed by atoms with Crippen molar-refractivity contribution in [1.29, 1.82) is 0 Å². The molecule has 0 aliphatic rings. The molecule has 0 saturated heterocycles. The number of amides is 1. The molecule has 3 heteroatoms. The highest BCUT2D eigenvalue weighted by Crippen LogP contribution is 2.29. The fourth-order valence-corrected chi connectivity index (χ4v) is 4.15. The number of carbonyl (C=O) groups excluding carboxylic acids is 1. The maximum Gasteiger partial charge on any atom is 0.232 e. The predicted octanol–water partition coefficient (Wildman–Crippen LogP) is 5.86. The predicted molar refractivity (Wildman–Crippen MR) is 129 cm³/mol. The molecule has 0 aromatic heterocycles. The molecule has 0 spiro atoms. The highest BCUT2D eigenvalue weighted by atomic mass is 16.3. The van der Waals surface area contributed by atoms with Crippen LogP contribution in [0.5, 0.6) is 5.75 Å². The SMILES string of the molecule is O=C(NCCC(c1ccccc1)c1ccccc1)[C@@H](c1ccccc1)c1ccc(O)cc1. The summed E-state index contributed by atoms with van der Waals surface area (Å²) in [5.41, 5.74) is 4.27. The third kappa shape index (κ3) is 5.25. The van der Waals surface area contributed by atoms with Crippen molar-refractivity contribution >= 4 is 5.91 Å². The number of nitrogens with one attached hydrogen (secondary N) is 1. The minimum Gasteiger partial charge on any atom is -0.508 e. The van der Waals surface area contributed by atoms with Gasteiger partial charge in [-0.05, 0) is 40.8 Å². The van der Waals surface area contributed by atoms with Crippen molar-refractivity contribution in [1.82, 2.24) is 5.32 Å². The number of hydrogen-bond donors (Lipinski definition) is 2. The molecular weight excluding hydrogens is 394 g/mol. The molecular formula is C29H27NO2. The number of hydrogen-bond acceptors (Lipinski definition) is 2. The van der Waals surface area contributed by atoms with Crippen molar-refractivity contribution in [2.75, 3.05) is 6.54 Å². The van der Waals surface area contributed by atoms with Gasteiger partial charge in [-0.3, -0.25) is 4.79 Å². The maximum absolute atomic E-state index is 13.3. The summed E-state index contributed by atoms with van der Waals surface area (Å²) in [7, 11) is 0. The molecule has 0 saturated carbocycles. The topological polar surface area (TPSA) is 49.3 Å². The lowest BCUT2D eigenvalue weighted by molar-refractivity contribution is -0.121. The molecule has 0 unspecified atom stereocenters. The van der Waals surface area contributed by atoms with Gasteiger partial charge in [-0.25, -0.2) is 0 Å². The number of carbonyl (C=O) groups is 1. The molecule has 160 valence electrons. The van der Waals surface area contributed by atoms with E-state index >= 15 is 0 Å². The molecule has 1 amide bonds. The second-order valence-corrected chi connectivity index (χ2v) is 7.89. The van der Waals surface area contributed by atoms with Crippen LogP contribution in [-0.4, -0.2) is 17.6 Å². The van der Waals surface area contributed by atoms with E-state index in [1.54, 1.807) is 12.1 Å². The van der Waals surface area contributed by atoms with E-state index in [2.05, 4.69) is 53.8 Å². The Bertz CT molecular complexity index is 1070. The first kappa shape index (κ1) is 21.4. The van der Waals surface area contributed by atoms with Crippen molar-refractivity contribution in [3.05, 3.63) is 138 Å². The number of phenols is 1. The smallest absolute Gasteiger partial charge is 0.232 e. The zero-order valence-electron chi connectivity index (χ0n) is 17.9. The molecule has 2 N–H and O–H groups in total.